The zero-order valence-electron chi connectivity index (χ0n) is 16.5. The molecule has 4 heterocycles. The summed E-state index contributed by atoms with van der Waals surface area (Å²) < 4.78 is 0. The maximum atomic E-state index is 12.6. The van der Waals surface area contributed by atoms with Gasteiger partial charge in [0.2, 0.25) is 0 Å². The van der Waals surface area contributed by atoms with Crippen molar-refractivity contribution < 1.29 is 14.7 Å². The highest BCUT2D eigenvalue weighted by Gasteiger charge is 2.57. The lowest BCUT2D eigenvalue weighted by molar-refractivity contribution is 0.0702. The van der Waals surface area contributed by atoms with Crippen LogP contribution in [0.2, 0.25) is 10.0 Å². The first-order valence-corrected chi connectivity index (χ1v) is 12.0. The minimum atomic E-state index is -0.962. The average molecular weight is 497 g/mol. The van der Waals surface area contributed by atoms with Crippen LogP contribution in [0.5, 0.6) is 0 Å². The molecule has 1 aliphatic carbocycles. The molecule has 5 rings (SSSR count). The van der Waals surface area contributed by atoms with Crippen LogP contribution < -0.4 is 10.2 Å². The number of anilines is 1. The van der Waals surface area contributed by atoms with Gasteiger partial charge in [-0.2, -0.15) is 0 Å². The number of aryl methyl sites for hydroxylation is 2. The van der Waals surface area contributed by atoms with E-state index in [9.17, 15) is 14.7 Å². The molecule has 0 bridgehead atoms. The van der Waals surface area contributed by atoms with Crippen molar-refractivity contribution in [1.29, 1.82) is 0 Å². The van der Waals surface area contributed by atoms with Crippen LogP contribution in [0.4, 0.5) is 5.13 Å². The molecule has 3 atom stereocenters. The second-order valence-electron chi connectivity index (χ2n) is 7.87. The summed E-state index contributed by atoms with van der Waals surface area (Å²) in [6.07, 6.45) is 0. The summed E-state index contributed by atoms with van der Waals surface area (Å²) in [5.41, 5.74) is 1.48. The zero-order valence-corrected chi connectivity index (χ0v) is 19.7. The van der Waals surface area contributed by atoms with Gasteiger partial charge in [-0.15, -0.1) is 11.3 Å². The minimum Gasteiger partial charge on any atom is -0.477 e. The number of nitrogens with one attached hydrogen (secondary N) is 2. The van der Waals surface area contributed by atoms with Gasteiger partial charge in [-0.05, 0) is 26.0 Å². The molecule has 11 heteroatoms. The van der Waals surface area contributed by atoms with E-state index in [0.29, 0.717) is 33.4 Å². The van der Waals surface area contributed by atoms with Gasteiger partial charge < -0.3 is 20.3 Å². The lowest BCUT2D eigenvalue weighted by Crippen LogP contribution is -2.34. The van der Waals surface area contributed by atoms with Crippen molar-refractivity contribution in [3.8, 4) is 10.6 Å². The number of aromatic amines is 1. The maximum absolute atomic E-state index is 12.6. The van der Waals surface area contributed by atoms with Gasteiger partial charge in [0.25, 0.3) is 5.91 Å². The molecule has 3 aromatic rings. The van der Waals surface area contributed by atoms with Gasteiger partial charge >= 0.3 is 5.97 Å². The third kappa shape index (κ3) is 3.53. The van der Waals surface area contributed by atoms with E-state index >= 15 is 0 Å². The summed E-state index contributed by atoms with van der Waals surface area (Å²) in [6, 6.07) is 3.95. The van der Waals surface area contributed by atoms with Crippen LogP contribution >= 0.6 is 45.9 Å². The Morgan fingerprint density at radius 3 is 2.45 bits per heavy atom. The van der Waals surface area contributed by atoms with Crippen LogP contribution in [-0.2, 0) is 0 Å². The summed E-state index contributed by atoms with van der Waals surface area (Å²) in [5, 5.41) is 14.0. The van der Waals surface area contributed by atoms with Crippen molar-refractivity contribution in [3.63, 3.8) is 0 Å². The second-order valence-corrected chi connectivity index (χ2v) is 10.9. The number of aromatic nitrogens is 2. The van der Waals surface area contributed by atoms with E-state index in [1.165, 1.54) is 22.7 Å². The summed E-state index contributed by atoms with van der Waals surface area (Å²) in [5.74, 6) is -0.613. The van der Waals surface area contributed by atoms with Gasteiger partial charge in [0, 0.05) is 41.5 Å². The van der Waals surface area contributed by atoms with E-state index in [1.807, 2.05) is 19.1 Å². The Bertz CT molecular complexity index is 1210. The number of carbonyl (C=O) groups excluding carboxylic acids is 1. The van der Waals surface area contributed by atoms with E-state index in [1.54, 1.807) is 6.92 Å². The molecule has 1 saturated carbocycles. The number of hydrogen-bond acceptors (Lipinski definition) is 6. The van der Waals surface area contributed by atoms with Crippen LogP contribution in [0, 0.1) is 25.7 Å². The second kappa shape index (κ2) is 7.51. The van der Waals surface area contributed by atoms with E-state index in [-0.39, 0.29) is 27.5 Å². The number of carbonyl (C=O) groups is 2. The molecule has 31 heavy (non-hydrogen) atoms. The Kier molecular flexibility index (Phi) is 5.04. The number of carboxylic acids is 1. The number of H-pyrrole nitrogens is 1. The highest BCUT2D eigenvalue weighted by Crippen LogP contribution is 2.48. The first kappa shape index (κ1) is 20.8. The fourth-order valence-corrected chi connectivity index (χ4v) is 6.45. The molecule has 7 nitrogen and oxygen atoms in total. The van der Waals surface area contributed by atoms with Gasteiger partial charge in [0.15, 0.2) is 5.13 Å². The SMILES string of the molecule is Cc1ccc(-c2nc(N3C[C@@H]4C(NC(=O)c5[nH]c(C)c(Cl)c5Cl)[C@@H]4C3)sc2C(=O)O)s1. The van der Waals surface area contributed by atoms with Gasteiger partial charge in [-0.1, -0.05) is 34.5 Å². The third-order valence-corrected chi connectivity index (χ3v) is 8.89. The standard InChI is InChI=1S/C20H18Cl2N4O3S2/c1-7-3-4-11(30-7)15-17(19(28)29)31-20(25-15)26-5-9-10(6-26)14(9)24-18(27)16-13(22)12(21)8(2)23-16/h3-4,9-10,14,23H,5-6H2,1-2H3,(H,24,27)(H,28,29)/t9-,10+,14?. The number of rotatable bonds is 5. The highest BCUT2D eigenvalue weighted by atomic mass is 35.5. The smallest absolute Gasteiger partial charge is 0.348 e. The number of aromatic carboxylic acids is 1. The molecule has 0 aromatic carbocycles. The van der Waals surface area contributed by atoms with E-state index in [0.717, 1.165) is 22.8 Å². The Morgan fingerprint density at radius 1 is 1.19 bits per heavy atom. The van der Waals surface area contributed by atoms with Crippen molar-refractivity contribution in [2.45, 2.75) is 19.9 Å². The number of thiazole rings is 1. The van der Waals surface area contributed by atoms with Crippen molar-refractivity contribution in [2.24, 2.45) is 11.8 Å². The number of hydrogen-bond donors (Lipinski definition) is 3. The number of fused-ring (bicyclic) bond motifs is 1. The lowest BCUT2D eigenvalue weighted by atomic mass is 10.3. The number of carboxylic acid groups (broad SMARTS) is 1. The predicted octanol–water partition coefficient (Wildman–Crippen LogP) is 4.69. The Balaban J connectivity index is 1.28. The summed E-state index contributed by atoms with van der Waals surface area (Å²) in [6.45, 7) is 5.20. The summed E-state index contributed by atoms with van der Waals surface area (Å²) >= 11 is 15.0. The zero-order chi connectivity index (χ0) is 22.0. The Labute approximate surface area is 196 Å². The molecule has 1 aliphatic heterocycles. The normalized spacial score (nSPS) is 21.9. The predicted molar refractivity (Wildman–Crippen MR) is 123 cm³/mol. The molecule has 1 unspecified atom stereocenters. The van der Waals surface area contributed by atoms with Crippen LogP contribution in [0.3, 0.4) is 0 Å². The van der Waals surface area contributed by atoms with Crippen molar-refractivity contribution >= 4 is 62.9 Å². The molecule has 3 N–H and O–H groups in total. The van der Waals surface area contributed by atoms with Gasteiger partial charge in [-0.25, -0.2) is 9.78 Å². The molecule has 3 aromatic heterocycles. The van der Waals surface area contributed by atoms with Gasteiger partial charge in [0.1, 0.15) is 16.3 Å². The van der Waals surface area contributed by atoms with E-state index in [2.05, 4.69) is 20.2 Å². The van der Waals surface area contributed by atoms with E-state index in [4.69, 9.17) is 23.2 Å². The largest absolute Gasteiger partial charge is 0.477 e. The molecular weight excluding hydrogens is 479 g/mol. The number of nitrogens with zero attached hydrogens (tertiary/aromatic N) is 2. The molecule has 0 spiro atoms. The van der Waals surface area contributed by atoms with Gasteiger partial charge in [0.05, 0.1) is 14.9 Å². The monoisotopic (exact) mass is 496 g/mol. The molecule has 1 amide bonds. The summed E-state index contributed by atoms with van der Waals surface area (Å²) in [4.78, 5) is 36.3. The molecule has 2 aliphatic rings. The fraction of sp³-hybridized carbons (Fsp3) is 0.350. The maximum Gasteiger partial charge on any atom is 0.348 e. The Morgan fingerprint density at radius 2 is 1.90 bits per heavy atom. The highest BCUT2D eigenvalue weighted by molar-refractivity contribution is 7.19. The van der Waals surface area contributed by atoms with Crippen LogP contribution in [-0.4, -0.2) is 46.1 Å². The molecule has 1 saturated heterocycles. The average Bonchev–Trinajstić information content (AvgIpc) is 3.26. The van der Waals surface area contributed by atoms with Gasteiger partial charge in [-0.3, -0.25) is 4.79 Å². The van der Waals surface area contributed by atoms with Crippen LogP contribution in [0.1, 0.15) is 30.7 Å². The Hall–Kier alpha value is -2.07. The van der Waals surface area contributed by atoms with Crippen molar-refractivity contribution in [2.75, 3.05) is 18.0 Å². The molecule has 2 fully saturated rings. The van der Waals surface area contributed by atoms with Crippen molar-refractivity contribution in [3.05, 3.63) is 43.3 Å². The molecular formula is C20H18Cl2N4O3S2. The molecule has 162 valence electrons. The number of halogens is 2. The van der Waals surface area contributed by atoms with Crippen molar-refractivity contribution in [1.82, 2.24) is 15.3 Å². The third-order valence-electron chi connectivity index (χ3n) is 5.83. The van der Waals surface area contributed by atoms with Crippen LogP contribution in [0.25, 0.3) is 10.6 Å². The first-order chi connectivity index (χ1) is 14.7. The first-order valence-electron chi connectivity index (χ1n) is 9.65. The minimum absolute atomic E-state index is 0.0699. The van der Waals surface area contributed by atoms with Crippen LogP contribution in [0.15, 0.2) is 12.1 Å². The van der Waals surface area contributed by atoms with E-state index < -0.39 is 5.97 Å². The number of piperidine rings is 1. The molecule has 0 radical (unpaired) electrons. The number of thiophene rings is 1. The lowest BCUT2D eigenvalue weighted by Gasteiger charge is -2.19. The topological polar surface area (TPSA) is 98.3 Å². The fourth-order valence-electron chi connectivity index (χ4n) is 4.17. The number of amides is 1. The summed E-state index contributed by atoms with van der Waals surface area (Å²) in [7, 11) is 0. The quantitative estimate of drug-likeness (QED) is 0.475.